The van der Waals surface area contributed by atoms with Crippen molar-refractivity contribution in [1.29, 1.82) is 5.26 Å². The van der Waals surface area contributed by atoms with E-state index < -0.39 is 0 Å². The second-order valence-electron chi connectivity index (χ2n) is 8.15. The van der Waals surface area contributed by atoms with E-state index in [1.54, 1.807) is 7.05 Å². The van der Waals surface area contributed by atoms with Crippen molar-refractivity contribution in [3.05, 3.63) is 70.3 Å². The molecule has 0 saturated carbocycles. The fraction of sp³-hybridized carbons (Fsp3) is 0.360. The highest BCUT2D eigenvalue weighted by atomic mass is 16.5. The summed E-state index contributed by atoms with van der Waals surface area (Å²) >= 11 is 0. The van der Waals surface area contributed by atoms with Gasteiger partial charge in [0.15, 0.2) is 0 Å². The molecule has 1 heterocycles. The molecule has 2 aliphatic rings. The largest absolute Gasteiger partial charge is 0.489 e. The Hall–Kier alpha value is -3.10. The number of benzene rings is 2. The number of likely N-dealkylation sites (tertiary alicyclic amines) is 1. The first-order valence-electron chi connectivity index (χ1n) is 10.4. The van der Waals surface area contributed by atoms with E-state index in [0.717, 1.165) is 43.8 Å². The van der Waals surface area contributed by atoms with E-state index in [-0.39, 0.29) is 11.8 Å². The number of allylic oxidation sites excluding steroid dienone is 1. The molecule has 1 aliphatic carbocycles. The van der Waals surface area contributed by atoms with Gasteiger partial charge in [-0.15, -0.1) is 0 Å². The highest BCUT2D eigenvalue weighted by Gasteiger charge is 2.32. The standard InChI is InChI=1S/C25H27N3O2/c1-17-21(13-28-14-22(15-28)25(29)27-2)8-7-20-11-23(9-10-24(17)20)30-16-19-5-3-18(12-26)4-6-19/h3-6,9-11,22H,7-8,13-16H2,1-2H3,(H,27,29). The van der Waals surface area contributed by atoms with E-state index in [1.165, 1.54) is 22.3 Å². The third-order valence-electron chi connectivity index (χ3n) is 6.18. The Morgan fingerprint density at radius 3 is 2.67 bits per heavy atom. The third kappa shape index (κ3) is 4.24. The number of nitrogens with one attached hydrogen (secondary N) is 1. The van der Waals surface area contributed by atoms with Crippen molar-refractivity contribution in [2.24, 2.45) is 5.92 Å². The molecule has 0 aromatic heterocycles. The highest BCUT2D eigenvalue weighted by molar-refractivity contribution is 5.79. The van der Waals surface area contributed by atoms with E-state index in [4.69, 9.17) is 10.00 Å². The molecule has 0 atom stereocenters. The normalized spacial score (nSPS) is 16.4. The van der Waals surface area contributed by atoms with Crippen molar-refractivity contribution in [1.82, 2.24) is 10.2 Å². The first kappa shape index (κ1) is 20.2. The van der Waals surface area contributed by atoms with E-state index in [1.807, 2.05) is 30.3 Å². The van der Waals surface area contributed by atoms with Crippen LogP contribution < -0.4 is 10.1 Å². The van der Waals surface area contributed by atoms with Crippen molar-refractivity contribution in [2.45, 2.75) is 26.4 Å². The lowest BCUT2D eigenvalue weighted by Crippen LogP contribution is -2.53. The molecular weight excluding hydrogens is 374 g/mol. The van der Waals surface area contributed by atoms with Gasteiger partial charge in [-0.2, -0.15) is 5.26 Å². The molecule has 2 aromatic carbocycles. The predicted octanol–water partition coefficient (Wildman–Crippen LogP) is 3.53. The highest BCUT2D eigenvalue weighted by Crippen LogP contribution is 2.34. The van der Waals surface area contributed by atoms with Crippen molar-refractivity contribution < 1.29 is 9.53 Å². The summed E-state index contributed by atoms with van der Waals surface area (Å²) < 4.78 is 5.98. The molecule has 4 rings (SSSR count). The molecule has 1 N–H and O–H groups in total. The predicted molar refractivity (Wildman–Crippen MR) is 117 cm³/mol. The number of carbonyl (C=O) groups excluding carboxylic acids is 1. The lowest BCUT2D eigenvalue weighted by atomic mass is 9.85. The van der Waals surface area contributed by atoms with Crippen LogP contribution in [0.1, 0.15) is 35.6 Å². The number of fused-ring (bicyclic) bond motifs is 1. The van der Waals surface area contributed by atoms with Gasteiger partial charge < -0.3 is 10.1 Å². The Morgan fingerprint density at radius 2 is 1.97 bits per heavy atom. The first-order valence-corrected chi connectivity index (χ1v) is 10.4. The molecule has 0 unspecified atom stereocenters. The van der Waals surface area contributed by atoms with Crippen molar-refractivity contribution in [3.8, 4) is 11.8 Å². The lowest BCUT2D eigenvalue weighted by molar-refractivity contribution is -0.129. The molecule has 1 amide bonds. The number of rotatable bonds is 6. The monoisotopic (exact) mass is 401 g/mol. The number of hydrogen-bond donors (Lipinski definition) is 1. The van der Waals surface area contributed by atoms with Crippen LogP contribution in [-0.4, -0.2) is 37.5 Å². The average molecular weight is 402 g/mol. The number of ether oxygens (including phenoxy) is 1. The minimum Gasteiger partial charge on any atom is -0.489 e. The van der Waals surface area contributed by atoms with Crippen LogP contribution in [0, 0.1) is 17.2 Å². The molecule has 0 radical (unpaired) electrons. The van der Waals surface area contributed by atoms with Crippen LogP contribution in [0.3, 0.4) is 0 Å². The number of nitriles is 1. The maximum absolute atomic E-state index is 11.7. The zero-order valence-electron chi connectivity index (χ0n) is 17.6. The minimum atomic E-state index is 0.141. The molecule has 5 nitrogen and oxygen atoms in total. The summed E-state index contributed by atoms with van der Waals surface area (Å²) in [7, 11) is 1.71. The Balaban J connectivity index is 1.38. The van der Waals surface area contributed by atoms with Gasteiger partial charge in [0, 0.05) is 26.7 Å². The van der Waals surface area contributed by atoms with Gasteiger partial charge in [0.1, 0.15) is 12.4 Å². The number of aryl methyl sites for hydroxylation is 1. The van der Waals surface area contributed by atoms with Crippen LogP contribution in [0.2, 0.25) is 0 Å². The van der Waals surface area contributed by atoms with Gasteiger partial charge in [-0.3, -0.25) is 9.69 Å². The zero-order chi connectivity index (χ0) is 21.1. The maximum atomic E-state index is 11.7. The van der Waals surface area contributed by atoms with Gasteiger partial charge in [-0.1, -0.05) is 23.8 Å². The first-order chi connectivity index (χ1) is 14.6. The molecule has 0 spiro atoms. The topological polar surface area (TPSA) is 65.4 Å². The van der Waals surface area contributed by atoms with Gasteiger partial charge in [0.25, 0.3) is 0 Å². The van der Waals surface area contributed by atoms with E-state index in [2.05, 4.69) is 35.3 Å². The van der Waals surface area contributed by atoms with Gasteiger partial charge in [0.2, 0.25) is 5.91 Å². The maximum Gasteiger partial charge on any atom is 0.225 e. The van der Waals surface area contributed by atoms with Crippen LogP contribution in [0.4, 0.5) is 0 Å². The number of carbonyl (C=O) groups is 1. The summed E-state index contributed by atoms with van der Waals surface area (Å²) in [6.45, 7) is 5.36. The summed E-state index contributed by atoms with van der Waals surface area (Å²) in [5.74, 6) is 1.17. The van der Waals surface area contributed by atoms with E-state index in [9.17, 15) is 4.79 Å². The molecule has 1 saturated heterocycles. The Labute approximate surface area is 178 Å². The van der Waals surface area contributed by atoms with Crippen LogP contribution in [-0.2, 0) is 17.8 Å². The van der Waals surface area contributed by atoms with Crippen LogP contribution in [0.5, 0.6) is 5.75 Å². The smallest absolute Gasteiger partial charge is 0.225 e. The van der Waals surface area contributed by atoms with Gasteiger partial charge in [-0.05, 0) is 66.3 Å². The van der Waals surface area contributed by atoms with E-state index in [0.29, 0.717) is 12.2 Å². The number of nitrogens with zero attached hydrogens (tertiary/aromatic N) is 2. The molecule has 5 heteroatoms. The Kier molecular flexibility index (Phi) is 5.87. The summed E-state index contributed by atoms with van der Waals surface area (Å²) in [5, 5.41) is 11.6. The van der Waals surface area contributed by atoms with Crippen molar-refractivity contribution in [2.75, 3.05) is 26.7 Å². The van der Waals surface area contributed by atoms with Gasteiger partial charge in [0.05, 0.1) is 17.6 Å². The van der Waals surface area contributed by atoms with Crippen LogP contribution in [0.15, 0.2) is 48.0 Å². The average Bonchev–Trinajstić information content (AvgIpc) is 2.75. The third-order valence-corrected chi connectivity index (χ3v) is 6.18. The fourth-order valence-corrected chi connectivity index (χ4v) is 4.27. The van der Waals surface area contributed by atoms with Gasteiger partial charge in [-0.25, -0.2) is 0 Å². The summed E-state index contributed by atoms with van der Waals surface area (Å²) in [6, 6.07) is 16.0. The van der Waals surface area contributed by atoms with Crippen molar-refractivity contribution in [3.63, 3.8) is 0 Å². The van der Waals surface area contributed by atoms with Gasteiger partial charge >= 0.3 is 0 Å². The second kappa shape index (κ2) is 8.73. The van der Waals surface area contributed by atoms with Crippen molar-refractivity contribution >= 4 is 11.5 Å². The zero-order valence-corrected chi connectivity index (χ0v) is 17.6. The number of hydrogen-bond acceptors (Lipinski definition) is 4. The molecule has 154 valence electrons. The minimum absolute atomic E-state index is 0.141. The van der Waals surface area contributed by atoms with Crippen LogP contribution >= 0.6 is 0 Å². The molecule has 1 aliphatic heterocycles. The lowest BCUT2D eigenvalue weighted by Gasteiger charge is -2.39. The molecular formula is C25H27N3O2. The molecule has 2 aromatic rings. The fourth-order valence-electron chi connectivity index (χ4n) is 4.27. The summed E-state index contributed by atoms with van der Waals surface area (Å²) in [4.78, 5) is 14.0. The Morgan fingerprint density at radius 1 is 1.20 bits per heavy atom. The van der Waals surface area contributed by atoms with Crippen LogP contribution in [0.25, 0.3) is 5.57 Å². The summed E-state index contributed by atoms with van der Waals surface area (Å²) in [5.41, 5.74) is 7.19. The SMILES string of the molecule is CNC(=O)C1CN(CC2=C(C)c3ccc(OCc4ccc(C#N)cc4)cc3CC2)C1. The molecule has 30 heavy (non-hydrogen) atoms. The van der Waals surface area contributed by atoms with E-state index >= 15 is 0 Å². The number of amides is 1. The second-order valence-corrected chi connectivity index (χ2v) is 8.15. The molecule has 0 bridgehead atoms. The molecule has 1 fully saturated rings. The quantitative estimate of drug-likeness (QED) is 0.804. The summed E-state index contributed by atoms with van der Waals surface area (Å²) in [6.07, 6.45) is 2.07. The Bertz CT molecular complexity index is 1010.